The highest BCUT2D eigenvalue weighted by Gasteiger charge is 2.03. The van der Waals surface area contributed by atoms with E-state index in [9.17, 15) is 5.11 Å². The first-order chi connectivity index (χ1) is 8.83. The van der Waals surface area contributed by atoms with Crippen molar-refractivity contribution in [1.29, 1.82) is 0 Å². The minimum atomic E-state index is 0.233. The van der Waals surface area contributed by atoms with Gasteiger partial charge in [-0.15, -0.1) is 0 Å². The number of rotatable bonds is 3. The monoisotopic (exact) mass is 240 g/mol. The van der Waals surface area contributed by atoms with Crippen molar-refractivity contribution < 1.29 is 9.84 Å². The van der Waals surface area contributed by atoms with Crippen LogP contribution in [-0.4, -0.2) is 14.5 Å². The van der Waals surface area contributed by atoms with Crippen molar-refractivity contribution in [1.82, 2.24) is 9.38 Å². The first-order valence-corrected chi connectivity index (χ1v) is 5.66. The highest BCUT2D eigenvalue weighted by molar-refractivity contribution is 5.39. The van der Waals surface area contributed by atoms with E-state index >= 15 is 0 Å². The number of hydrogen-bond donors (Lipinski definition) is 1. The number of ether oxygens (including phenoxy) is 1. The molecule has 2 aromatic heterocycles. The minimum absolute atomic E-state index is 0.233. The third kappa shape index (κ3) is 2.00. The van der Waals surface area contributed by atoms with Crippen LogP contribution in [0.1, 0.15) is 5.69 Å². The lowest BCUT2D eigenvalue weighted by Crippen LogP contribution is -1.99. The fraction of sp³-hybridized carbons (Fsp3) is 0.0714. The van der Waals surface area contributed by atoms with E-state index in [0.29, 0.717) is 6.61 Å². The number of aromatic nitrogens is 2. The standard InChI is InChI=1S/C14H12N2O2/c17-12-4-6-13(7-5-12)18-10-11-9-15-14-3-1-2-8-16(11)14/h1-9,17H,10H2. The fourth-order valence-corrected chi connectivity index (χ4v) is 1.79. The smallest absolute Gasteiger partial charge is 0.136 e. The van der Waals surface area contributed by atoms with E-state index in [1.165, 1.54) is 0 Å². The summed E-state index contributed by atoms with van der Waals surface area (Å²) in [6, 6.07) is 12.5. The average molecular weight is 240 g/mol. The zero-order valence-corrected chi connectivity index (χ0v) is 9.65. The lowest BCUT2D eigenvalue weighted by Gasteiger charge is -2.05. The molecule has 0 aliphatic rings. The van der Waals surface area contributed by atoms with Gasteiger partial charge in [0, 0.05) is 6.20 Å². The highest BCUT2D eigenvalue weighted by atomic mass is 16.5. The Bertz CT molecular complexity index is 659. The number of benzene rings is 1. The number of phenols is 1. The Morgan fingerprint density at radius 2 is 1.94 bits per heavy atom. The second-order valence-corrected chi connectivity index (χ2v) is 3.96. The number of nitrogens with zero attached hydrogens (tertiary/aromatic N) is 2. The molecule has 1 N–H and O–H groups in total. The molecule has 0 aliphatic heterocycles. The summed E-state index contributed by atoms with van der Waals surface area (Å²) >= 11 is 0. The second kappa shape index (κ2) is 4.41. The molecule has 0 atom stereocenters. The van der Waals surface area contributed by atoms with Crippen molar-refractivity contribution in [2.45, 2.75) is 6.61 Å². The molecule has 0 fully saturated rings. The summed E-state index contributed by atoms with van der Waals surface area (Å²) in [5, 5.41) is 9.18. The van der Waals surface area contributed by atoms with Crippen LogP contribution in [0.15, 0.2) is 54.9 Å². The van der Waals surface area contributed by atoms with Crippen LogP contribution < -0.4 is 4.74 Å². The quantitative estimate of drug-likeness (QED) is 0.765. The van der Waals surface area contributed by atoms with Crippen LogP contribution in [0.3, 0.4) is 0 Å². The number of aromatic hydroxyl groups is 1. The summed E-state index contributed by atoms with van der Waals surface area (Å²) in [7, 11) is 0. The van der Waals surface area contributed by atoms with Crippen LogP contribution in [-0.2, 0) is 6.61 Å². The fourth-order valence-electron chi connectivity index (χ4n) is 1.79. The first-order valence-electron chi connectivity index (χ1n) is 5.66. The largest absolute Gasteiger partial charge is 0.508 e. The van der Waals surface area contributed by atoms with E-state index < -0.39 is 0 Å². The second-order valence-electron chi connectivity index (χ2n) is 3.96. The van der Waals surface area contributed by atoms with Crippen LogP contribution in [0.4, 0.5) is 0 Å². The Hall–Kier alpha value is -2.49. The van der Waals surface area contributed by atoms with Crippen molar-refractivity contribution in [3.05, 3.63) is 60.6 Å². The molecule has 0 spiro atoms. The van der Waals surface area contributed by atoms with E-state index in [2.05, 4.69) is 4.98 Å². The Kier molecular flexibility index (Phi) is 2.61. The van der Waals surface area contributed by atoms with E-state index in [1.54, 1.807) is 30.5 Å². The van der Waals surface area contributed by atoms with Gasteiger partial charge in [-0.25, -0.2) is 4.98 Å². The number of phenolic OH excluding ortho intramolecular Hbond substituents is 1. The molecular weight excluding hydrogens is 228 g/mol. The molecule has 0 bridgehead atoms. The molecule has 90 valence electrons. The van der Waals surface area contributed by atoms with Gasteiger partial charge in [0.15, 0.2) is 0 Å². The van der Waals surface area contributed by atoms with Gasteiger partial charge in [-0.1, -0.05) is 6.07 Å². The highest BCUT2D eigenvalue weighted by Crippen LogP contribution is 2.17. The van der Waals surface area contributed by atoms with Crippen molar-refractivity contribution in [2.75, 3.05) is 0 Å². The van der Waals surface area contributed by atoms with Crippen LogP contribution in [0.25, 0.3) is 5.65 Å². The van der Waals surface area contributed by atoms with E-state index in [0.717, 1.165) is 17.1 Å². The zero-order valence-electron chi connectivity index (χ0n) is 9.65. The summed E-state index contributed by atoms with van der Waals surface area (Å²) in [6.45, 7) is 0.440. The molecule has 0 saturated carbocycles. The van der Waals surface area contributed by atoms with Gasteiger partial charge in [0.25, 0.3) is 0 Å². The molecule has 2 heterocycles. The third-order valence-corrected chi connectivity index (χ3v) is 2.72. The molecule has 0 radical (unpaired) electrons. The summed E-state index contributed by atoms with van der Waals surface area (Å²) in [5.41, 5.74) is 1.89. The molecule has 0 saturated heterocycles. The van der Waals surface area contributed by atoms with Gasteiger partial charge < -0.3 is 14.2 Å². The molecule has 3 rings (SSSR count). The number of hydrogen-bond acceptors (Lipinski definition) is 3. The Morgan fingerprint density at radius 3 is 2.78 bits per heavy atom. The van der Waals surface area contributed by atoms with Gasteiger partial charge >= 0.3 is 0 Å². The van der Waals surface area contributed by atoms with Crippen LogP contribution in [0, 0.1) is 0 Å². The molecule has 0 aliphatic carbocycles. The predicted octanol–water partition coefficient (Wildman–Crippen LogP) is 2.62. The van der Waals surface area contributed by atoms with Gasteiger partial charge in [0.2, 0.25) is 0 Å². The van der Waals surface area contributed by atoms with E-state index in [4.69, 9.17) is 4.74 Å². The van der Waals surface area contributed by atoms with Gasteiger partial charge in [-0.05, 0) is 36.4 Å². The average Bonchev–Trinajstić information content (AvgIpc) is 2.82. The van der Waals surface area contributed by atoms with Crippen LogP contribution >= 0.6 is 0 Å². The van der Waals surface area contributed by atoms with Crippen molar-refractivity contribution in [2.24, 2.45) is 0 Å². The van der Waals surface area contributed by atoms with E-state index in [-0.39, 0.29) is 5.75 Å². The Morgan fingerprint density at radius 1 is 1.11 bits per heavy atom. The predicted molar refractivity (Wildman–Crippen MR) is 67.6 cm³/mol. The lowest BCUT2D eigenvalue weighted by molar-refractivity contribution is 0.300. The lowest BCUT2D eigenvalue weighted by atomic mass is 10.3. The summed E-state index contributed by atoms with van der Waals surface area (Å²) in [5.74, 6) is 0.954. The van der Waals surface area contributed by atoms with E-state index in [1.807, 2.05) is 28.8 Å². The first kappa shape index (κ1) is 10.7. The Balaban J connectivity index is 1.79. The van der Waals surface area contributed by atoms with Gasteiger partial charge in [-0.3, -0.25) is 0 Å². The molecule has 1 aromatic carbocycles. The van der Waals surface area contributed by atoms with Gasteiger partial charge in [0.1, 0.15) is 23.8 Å². The number of fused-ring (bicyclic) bond motifs is 1. The number of pyridine rings is 1. The molecule has 0 amide bonds. The van der Waals surface area contributed by atoms with Crippen LogP contribution in [0.5, 0.6) is 11.5 Å². The van der Waals surface area contributed by atoms with Crippen molar-refractivity contribution in [3.8, 4) is 11.5 Å². The van der Waals surface area contributed by atoms with Crippen LogP contribution in [0.2, 0.25) is 0 Å². The molecule has 0 unspecified atom stereocenters. The normalized spacial score (nSPS) is 10.7. The Labute approximate surface area is 104 Å². The van der Waals surface area contributed by atoms with Crippen molar-refractivity contribution >= 4 is 5.65 Å². The van der Waals surface area contributed by atoms with Gasteiger partial charge in [-0.2, -0.15) is 0 Å². The SMILES string of the molecule is Oc1ccc(OCc2cnc3ccccn23)cc1. The molecule has 3 aromatic rings. The topological polar surface area (TPSA) is 46.8 Å². The zero-order chi connectivity index (χ0) is 12.4. The minimum Gasteiger partial charge on any atom is -0.508 e. The number of imidazole rings is 1. The maximum Gasteiger partial charge on any atom is 0.136 e. The molecule has 4 nitrogen and oxygen atoms in total. The summed E-state index contributed by atoms with van der Waals surface area (Å²) in [6.07, 6.45) is 3.76. The summed E-state index contributed by atoms with van der Waals surface area (Å²) < 4.78 is 7.63. The van der Waals surface area contributed by atoms with Crippen molar-refractivity contribution in [3.63, 3.8) is 0 Å². The molecular formula is C14H12N2O2. The molecule has 4 heteroatoms. The maximum atomic E-state index is 9.18. The van der Waals surface area contributed by atoms with Gasteiger partial charge in [0.05, 0.1) is 11.9 Å². The third-order valence-electron chi connectivity index (χ3n) is 2.72. The summed E-state index contributed by atoms with van der Waals surface area (Å²) in [4.78, 5) is 4.29. The maximum absolute atomic E-state index is 9.18. The molecule has 18 heavy (non-hydrogen) atoms.